The highest BCUT2D eigenvalue weighted by Gasteiger charge is 2.31. The summed E-state index contributed by atoms with van der Waals surface area (Å²) < 4.78 is 11.9. The van der Waals surface area contributed by atoms with Crippen molar-refractivity contribution >= 4 is 15.9 Å². The fourth-order valence-electron chi connectivity index (χ4n) is 2.27. The summed E-state index contributed by atoms with van der Waals surface area (Å²) in [5, 5.41) is 0. The van der Waals surface area contributed by atoms with E-state index in [-0.39, 0.29) is 6.04 Å². The first-order valence-electron chi connectivity index (χ1n) is 5.80. The molecule has 2 N–H and O–H groups in total. The van der Waals surface area contributed by atoms with Crippen molar-refractivity contribution in [2.75, 3.05) is 6.61 Å². The number of furan rings is 1. The summed E-state index contributed by atoms with van der Waals surface area (Å²) in [4.78, 5) is 0. The quantitative estimate of drug-likeness (QED) is 0.904. The van der Waals surface area contributed by atoms with Crippen molar-refractivity contribution in [3.8, 4) is 0 Å². The SMILES string of the molecule is CCOC1CC(CC(N)c2occc2Br)C1. The largest absolute Gasteiger partial charge is 0.466 e. The van der Waals surface area contributed by atoms with Gasteiger partial charge in [-0.15, -0.1) is 0 Å². The Morgan fingerprint density at radius 1 is 1.62 bits per heavy atom. The summed E-state index contributed by atoms with van der Waals surface area (Å²) in [6.45, 7) is 2.85. The number of hydrogen-bond acceptors (Lipinski definition) is 3. The maximum absolute atomic E-state index is 6.11. The Hall–Kier alpha value is -0.320. The average Bonchev–Trinajstić information content (AvgIpc) is 2.61. The zero-order valence-corrected chi connectivity index (χ0v) is 11.1. The minimum Gasteiger partial charge on any atom is -0.466 e. The molecule has 1 atom stereocenters. The Labute approximate surface area is 104 Å². The lowest BCUT2D eigenvalue weighted by molar-refractivity contribution is -0.0286. The van der Waals surface area contributed by atoms with Crippen LogP contribution in [-0.2, 0) is 4.74 Å². The fraction of sp³-hybridized carbons (Fsp3) is 0.667. The van der Waals surface area contributed by atoms with Crippen molar-refractivity contribution in [3.05, 3.63) is 22.6 Å². The van der Waals surface area contributed by atoms with E-state index in [0.29, 0.717) is 12.0 Å². The fourth-order valence-corrected chi connectivity index (χ4v) is 2.77. The predicted molar refractivity (Wildman–Crippen MR) is 66.1 cm³/mol. The van der Waals surface area contributed by atoms with E-state index in [1.165, 1.54) is 0 Å². The van der Waals surface area contributed by atoms with Gasteiger partial charge in [0.1, 0.15) is 5.76 Å². The summed E-state index contributed by atoms with van der Waals surface area (Å²) >= 11 is 3.44. The van der Waals surface area contributed by atoms with Gasteiger partial charge in [0.2, 0.25) is 0 Å². The van der Waals surface area contributed by atoms with Crippen LogP contribution >= 0.6 is 15.9 Å². The summed E-state index contributed by atoms with van der Waals surface area (Å²) in [7, 11) is 0. The van der Waals surface area contributed by atoms with Gasteiger partial charge >= 0.3 is 0 Å². The highest BCUT2D eigenvalue weighted by molar-refractivity contribution is 9.10. The molecular formula is C12H18BrNO2. The Morgan fingerprint density at radius 3 is 2.94 bits per heavy atom. The van der Waals surface area contributed by atoms with Crippen molar-refractivity contribution in [2.24, 2.45) is 11.7 Å². The summed E-state index contributed by atoms with van der Waals surface area (Å²) in [5.41, 5.74) is 6.11. The van der Waals surface area contributed by atoms with Gasteiger partial charge in [-0.05, 0) is 54.1 Å². The highest BCUT2D eigenvalue weighted by atomic mass is 79.9. The molecule has 0 aliphatic heterocycles. The Bertz CT molecular complexity index is 334. The van der Waals surface area contributed by atoms with E-state index in [4.69, 9.17) is 14.9 Å². The molecular weight excluding hydrogens is 270 g/mol. The third-order valence-electron chi connectivity index (χ3n) is 3.16. The molecule has 1 saturated carbocycles. The smallest absolute Gasteiger partial charge is 0.134 e. The van der Waals surface area contributed by atoms with Crippen LogP contribution in [0.25, 0.3) is 0 Å². The third kappa shape index (κ3) is 2.67. The first-order chi connectivity index (χ1) is 7.70. The maximum Gasteiger partial charge on any atom is 0.134 e. The molecule has 1 fully saturated rings. The van der Waals surface area contributed by atoms with Gasteiger partial charge in [-0.3, -0.25) is 0 Å². The van der Waals surface area contributed by atoms with Crippen molar-refractivity contribution in [1.82, 2.24) is 0 Å². The molecule has 1 heterocycles. The molecule has 0 aromatic carbocycles. The molecule has 90 valence electrons. The molecule has 0 saturated heterocycles. The molecule has 0 amide bonds. The molecule has 0 bridgehead atoms. The van der Waals surface area contributed by atoms with Gasteiger partial charge < -0.3 is 14.9 Å². The lowest BCUT2D eigenvalue weighted by Gasteiger charge is -2.36. The molecule has 0 spiro atoms. The minimum absolute atomic E-state index is 0.00282. The third-order valence-corrected chi connectivity index (χ3v) is 3.82. The number of rotatable bonds is 5. The van der Waals surface area contributed by atoms with Crippen molar-refractivity contribution < 1.29 is 9.15 Å². The standard InChI is InChI=1S/C12H18BrNO2/c1-2-15-9-5-8(6-9)7-11(14)12-10(13)3-4-16-12/h3-4,8-9,11H,2,5-7,14H2,1H3. The lowest BCUT2D eigenvalue weighted by atomic mass is 9.78. The van der Waals surface area contributed by atoms with Crippen molar-refractivity contribution in [1.29, 1.82) is 0 Å². The molecule has 1 aromatic heterocycles. The number of ether oxygens (including phenoxy) is 1. The van der Waals surface area contributed by atoms with Crippen LogP contribution < -0.4 is 5.73 Å². The van der Waals surface area contributed by atoms with Gasteiger partial charge in [0, 0.05) is 6.61 Å². The molecule has 0 radical (unpaired) electrons. The van der Waals surface area contributed by atoms with E-state index in [0.717, 1.165) is 36.1 Å². The highest BCUT2D eigenvalue weighted by Crippen LogP contribution is 2.37. The topological polar surface area (TPSA) is 48.4 Å². The first-order valence-corrected chi connectivity index (χ1v) is 6.60. The van der Waals surface area contributed by atoms with Gasteiger partial charge in [-0.2, -0.15) is 0 Å². The van der Waals surface area contributed by atoms with Crippen LogP contribution in [0.5, 0.6) is 0 Å². The Kier molecular flexibility index (Phi) is 4.05. The van der Waals surface area contributed by atoms with Crippen molar-refractivity contribution in [2.45, 2.75) is 38.3 Å². The summed E-state index contributed by atoms with van der Waals surface area (Å²) in [6, 6.07) is 1.89. The predicted octanol–water partition coefficient (Wildman–Crippen LogP) is 3.25. The van der Waals surface area contributed by atoms with Gasteiger partial charge in [-0.1, -0.05) is 0 Å². The van der Waals surface area contributed by atoms with Crippen LogP contribution in [0.3, 0.4) is 0 Å². The second-order valence-corrected chi connectivity index (χ2v) is 5.24. The monoisotopic (exact) mass is 287 g/mol. The molecule has 1 aliphatic rings. The molecule has 4 heteroatoms. The molecule has 1 aromatic rings. The normalized spacial score (nSPS) is 26.4. The lowest BCUT2D eigenvalue weighted by Crippen LogP contribution is -2.33. The molecule has 3 nitrogen and oxygen atoms in total. The van der Waals surface area contributed by atoms with E-state index in [9.17, 15) is 0 Å². The van der Waals surface area contributed by atoms with Crippen molar-refractivity contribution in [3.63, 3.8) is 0 Å². The van der Waals surface area contributed by atoms with E-state index in [2.05, 4.69) is 15.9 Å². The Balaban J connectivity index is 1.77. The molecule has 16 heavy (non-hydrogen) atoms. The molecule has 1 unspecified atom stereocenters. The second-order valence-electron chi connectivity index (χ2n) is 4.39. The summed E-state index contributed by atoms with van der Waals surface area (Å²) in [5.74, 6) is 1.54. The molecule has 2 rings (SSSR count). The zero-order chi connectivity index (χ0) is 11.5. The van der Waals surface area contributed by atoms with Gasteiger partial charge in [0.05, 0.1) is 22.9 Å². The average molecular weight is 288 g/mol. The zero-order valence-electron chi connectivity index (χ0n) is 9.49. The maximum atomic E-state index is 6.11. The van der Waals surface area contributed by atoms with E-state index in [1.54, 1.807) is 6.26 Å². The van der Waals surface area contributed by atoms with E-state index < -0.39 is 0 Å². The number of hydrogen-bond donors (Lipinski definition) is 1. The number of halogens is 1. The Morgan fingerprint density at radius 2 is 2.38 bits per heavy atom. The van der Waals surface area contributed by atoms with Crippen LogP contribution in [0.1, 0.15) is 38.0 Å². The van der Waals surface area contributed by atoms with Crippen LogP contribution in [0.2, 0.25) is 0 Å². The van der Waals surface area contributed by atoms with Gasteiger partial charge in [-0.25, -0.2) is 0 Å². The summed E-state index contributed by atoms with van der Waals surface area (Å²) in [6.07, 6.45) is 5.39. The van der Waals surface area contributed by atoms with Crippen LogP contribution in [0, 0.1) is 5.92 Å². The van der Waals surface area contributed by atoms with E-state index >= 15 is 0 Å². The second kappa shape index (κ2) is 5.34. The van der Waals surface area contributed by atoms with Crippen LogP contribution in [0.4, 0.5) is 0 Å². The van der Waals surface area contributed by atoms with Crippen LogP contribution in [0.15, 0.2) is 21.2 Å². The van der Waals surface area contributed by atoms with Crippen LogP contribution in [-0.4, -0.2) is 12.7 Å². The van der Waals surface area contributed by atoms with E-state index in [1.807, 2.05) is 13.0 Å². The minimum atomic E-state index is -0.00282. The number of nitrogens with two attached hydrogens (primary N) is 1. The first kappa shape index (κ1) is 12.1. The van der Waals surface area contributed by atoms with Gasteiger partial charge in [0.25, 0.3) is 0 Å². The van der Waals surface area contributed by atoms with Gasteiger partial charge in [0.15, 0.2) is 0 Å². The molecule has 1 aliphatic carbocycles.